The summed E-state index contributed by atoms with van der Waals surface area (Å²) in [7, 11) is 5.28. The van der Waals surface area contributed by atoms with Crippen molar-refractivity contribution in [2.45, 2.75) is 32.9 Å². The number of imidazole rings is 1. The second-order valence-corrected chi connectivity index (χ2v) is 7.79. The Morgan fingerprint density at radius 3 is 2.53 bits per heavy atom. The van der Waals surface area contributed by atoms with Crippen LogP contribution in [-0.2, 0) is 13.1 Å². The molecule has 1 aliphatic rings. The van der Waals surface area contributed by atoms with E-state index in [0.29, 0.717) is 0 Å². The number of nitrogens with zero attached hydrogens (tertiary/aromatic N) is 5. The molecule has 2 aromatic rings. The number of ether oxygens (including phenoxy) is 2. The Morgan fingerprint density at radius 2 is 1.91 bits per heavy atom. The summed E-state index contributed by atoms with van der Waals surface area (Å²) in [6, 6.07) is 5.98. The third kappa shape index (κ3) is 7.26. The van der Waals surface area contributed by atoms with E-state index in [2.05, 4.69) is 35.7 Å². The van der Waals surface area contributed by atoms with Crippen LogP contribution in [-0.4, -0.2) is 79.3 Å². The minimum atomic E-state index is 0. The Balaban J connectivity index is 0.00000363. The second-order valence-electron chi connectivity index (χ2n) is 7.79. The number of rotatable bonds is 9. The first kappa shape index (κ1) is 26.2. The Kier molecular flexibility index (Phi) is 11.1. The summed E-state index contributed by atoms with van der Waals surface area (Å²) < 4.78 is 13.1. The summed E-state index contributed by atoms with van der Waals surface area (Å²) in [5.41, 5.74) is 1.16. The molecule has 0 saturated carbocycles. The molecule has 0 spiro atoms. The van der Waals surface area contributed by atoms with Gasteiger partial charge in [-0.2, -0.15) is 0 Å². The zero-order valence-corrected chi connectivity index (χ0v) is 22.0. The fraction of sp³-hybridized carbons (Fsp3) is 0.565. The van der Waals surface area contributed by atoms with E-state index in [9.17, 15) is 0 Å². The highest BCUT2D eigenvalue weighted by atomic mass is 127. The molecule has 178 valence electrons. The van der Waals surface area contributed by atoms with Crippen molar-refractivity contribution >= 4 is 29.9 Å². The quantitative estimate of drug-likeness (QED) is 0.222. The second kappa shape index (κ2) is 13.5. The molecule has 3 rings (SSSR count). The lowest BCUT2D eigenvalue weighted by atomic mass is 10.1. The largest absolute Gasteiger partial charge is 0.497 e. The summed E-state index contributed by atoms with van der Waals surface area (Å²) in [5.74, 6) is 3.85. The topological polar surface area (TPSA) is 67.2 Å². The van der Waals surface area contributed by atoms with Crippen LogP contribution in [0, 0.1) is 6.92 Å². The van der Waals surface area contributed by atoms with Crippen molar-refractivity contribution in [1.82, 2.24) is 24.7 Å². The van der Waals surface area contributed by atoms with Crippen molar-refractivity contribution < 1.29 is 9.47 Å². The lowest BCUT2D eigenvalue weighted by Gasteiger charge is -2.36. The number of guanidine groups is 1. The molecule has 1 N–H and O–H groups in total. The molecule has 2 heterocycles. The molecule has 1 aliphatic heterocycles. The zero-order chi connectivity index (χ0) is 22.1. The van der Waals surface area contributed by atoms with Gasteiger partial charge < -0.3 is 24.3 Å². The van der Waals surface area contributed by atoms with Crippen molar-refractivity contribution in [3.63, 3.8) is 0 Å². The van der Waals surface area contributed by atoms with E-state index in [4.69, 9.17) is 9.47 Å². The number of aryl methyl sites for hydroxylation is 2. The standard InChI is InChI=1S/C23H36N6O2.HI/c1-19-25-10-12-28(19)11-6-5-9-26-23(24-2)29-15-13-27(14-16-29)18-20-17-21(30-3)7-8-22(20)31-4;/h7-8,10,12,17H,5-6,9,11,13-16,18H2,1-4H3,(H,24,26);1H. The van der Waals surface area contributed by atoms with E-state index in [1.807, 2.05) is 38.5 Å². The molecule has 0 unspecified atom stereocenters. The lowest BCUT2D eigenvalue weighted by molar-refractivity contribution is 0.171. The van der Waals surface area contributed by atoms with Gasteiger partial charge in [0.2, 0.25) is 0 Å². The predicted octanol–water partition coefficient (Wildman–Crippen LogP) is 3.00. The number of piperazine rings is 1. The smallest absolute Gasteiger partial charge is 0.193 e. The molecule has 0 amide bonds. The number of halogens is 1. The van der Waals surface area contributed by atoms with Crippen LogP contribution in [0.1, 0.15) is 24.2 Å². The van der Waals surface area contributed by atoms with E-state index >= 15 is 0 Å². The fourth-order valence-electron chi connectivity index (χ4n) is 3.94. The molecule has 1 fully saturated rings. The highest BCUT2D eigenvalue weighted by Gasteiger charge is 2.20. The Hall–Kier alpha value is -2.01. The number of hydrogen-bond donors (Lipinski definition) is 1. The molecule has 8 nitrogen and oxygen atoms in total. The maximum absolute atomic E-state index is 5.53. The third-order valence-electron chi connectivity index (χ3n) is 5.80. The molecule has 9 heteroatoms. The third-order valence-corrected chi connectivity index (χ3v) is 5.80. The van der Waals surface area contributed by atoms with Gasteiger partial charge in [0.05, 0.1) is 14.2 Å². The van der Waals surface area contributed by atoms with E-state index in [1.165, 1.54) is 0 Å². The van der Waals surface area contributed by atoms with Crippen molar-refractivity contribution in [3.8, 4) is 11.5 Å². The molecular formula is C23H37IN6O2. The number of hydrogen-bond acceptors (Lipinski definition) is 5. The maximum atomic E-state index is 5.53. The van der Waals surface area contributed by atoms with Gasteiger partial charge in [-0.15, -0.1) is 24.0 Å². The number of aliphatic imine (C=N–C) groups is 1. The normalized spacial score (nSPS) is 14.8. The van der Waals surface area contributed by atoms with E-state index in [1.54, 1.807) is 14.2 Å². The molecule has 0 bridgehead atoms. The highest BCUT2D eigenvalue weighted by Crippen LogP contribution is 2.25. The van der Waals surface area contributed by atoms with Crippen LogP contribution in [0.15, 0.2) is 35.6 Å². The van der Waals surface area contributed by atoms with Gasteiger partial charge in [-0.1, -0.05) is 0 Å². The summed E-state index contributed by atoms with van der Waals surface area (Å²) in [5, 5.41) is 3.53. The maximum Gasteiger partial charge on any atom is 0.193 e. The first-order valence-electron chi connectivity index (χ1n) is 11.0. The molecule has 0 radical (unpaired) electrons. The molecule has 0 atom stereocenters. The van der Waals surface area contributed by atoms with Gasteiger partial charge in [0.1, 0.15) is 17.3 Å². The lowest BCUT2D eigenvalue weighted by Crippen LogP contribution is -2.52. The number of aromatic nitrogens is 2. The Morgan fingerprint density at radius 1 is 1.12 bits per heavy atom. The van der Waals surface area contributed by atoms with Gasteiger partial charge >= 0.3 is 0 Å². The molecule has 1 aromatic carbocycles. The van der Waals surface area contributed by atoms with Crippen LogP contribution in [0.5, 0.6) is 11.5 Å². The van der Waals surface area contributed by atoms with Gasteiger partial charge in [0, 0.05) is 70.8 Å². The molecule has 0 aliphatic carbocycles. The summed E-state index contributed by atoms with van der Waals surface area (Å²) in [6.45, 7) is 8.74. The monoisotopic (exact) mass is 556 g/mol. The van der Waals surface area contributed by atoms with Crippen LogP contribution < -0.4 is 14.8 Å². The number of nitrogens with one attached hydrogen (secondary N) is 1. The number of unbranched alkanes of at least 4 members (excludes halogenated alkanes) is 1. The molecular weight excluding hydrogens is 519 g/mol. The Labute approximate surface area is 209 Å². The minimum Gasteiger partial charge on any atom is -0.497 e. The number of benzene rings is 1. The molecule has 1 saturated heterocycles. The van der Waals surface area contributed by atoms with Crippen LogP contribution in [0.25, 0.3) is 0 Å². The van der Waals surface area contributed by atoms with E-state index < -0.39 is 0 Å². The van der Waals surface area contributed by atoms with Crippen molar-refractivity contribution in [3.05, 3.63) is 42.0 Å². The SMILES string of the molecule is CN=C(NCCCCn1ccnc1C)N1CCN(Cc2cc(OC)ccc2OC)CC1.I. The average molecular weight is 556 g/mol. The van der Waals surface area contributed by atoms with Gasteiger partial charge in [-0.05, 0) is 38.0 Å². The van der Waals surface area contributed by atoms with Gasteiger partial charge in [-0.25, -0.2) is 4.98 Å². The molecule has 32 heavy (non-hydrogen) atoms. The molecule has 1 aromatic heterocycles. The predicted molar refractivity (Wildman–Crippen MR) is 139 cm³/mol. The highest BCUT2D eigenvalue weighted by molar-refractivity contribution is 14.0. The van der Waals surface area contributed by atoms with Crippen molar-refractivity contribution in [1.29, 1.82) is 0 Å². The van der Waals surface area contributed by atoms with E-state index in [0.717, 1.165) is 87.5 Å². The van der Waals surface area contributed by atoms with Crippen LogP contribution in [0.3, 0.4) is 0 Å². The van der Waals surface area contributed by atoms with Crippen LogP contribution >= 0.6 is 24.0 Å². The minimum absolute atomic E-state index is 0. The Bertz CT molecular complexity index is 849. The van der Waals surface area contributed by atoms with Crippen molar-refractivity contribution in [2.24, 2.45) is 4.99 Å². The van der Waals surface area contributed by atoms with E-state index in [-0.39, 0.29) is 24.0 Å². The first-order chi connectivity index (χ1) is 15.1. The summed E-state index contributed by atoms with van der Waals surface area (Å²) >= 11 is 0. The van der Waals surface area contributed by atoms with Gasteiger partial charge in [0.15, 0.2) is 5.96 Å². The first-order valence-corrected chi connectivity index (χ1v) is 11.0. The fourth-order valence-corrected chi connectivity index (χ4v) is 3.94. The average Bonchev–Trinajstić information content (AvgIpc) is 3.21. The van der Waals surface area contributed by atoms with Crippen molar-refractivity contribution in [2.75, 3.05) is 54.0 Å². The number of methoxy groups -OCH3 is 2. The summed E-state index contributed by atoms with van der Waals surface area (Å²) in [6.07, 6.45) is 6.13. The van der Waals surface area contributed by atoms with Gasteiger partial charge in [-0.3, -0.25) is 9.89 Å². The summed E-state index contributed by atoms with van der Waals surface area (Å²) in [4.78, 5) is 13.6. The van der Waals surface area contributed by atoms with Crippen LogP contribution in [0.4, 0.5) is 0 Å². The zero-order valence-electron chi connectivity index (χ0n) is 19.7. The van der Waals surface area contributed by atoms with Gasteiger partial charge in [0.25, 0.3) is 0 Å². The van der Waals surface area contributed by atoms with Crippen LogP contribution in [0.2, 0.25) is 0 Å².